The number of hydrogen-bond donors (Lipinski definition) is 1. The van der Waals surface area contributed by atoms with Crippen LogP contribution in [0.4, 0.5) is 14.5 Å². The van der Waals surface area contributed by atoms with Crippen LogP contribution in [-0.4, -0.2) is 23.3 Å². The molecule has 1 heterocycles. The Morgan fingerprint density at radius 2 is 1.96 bits per heavy atom. The van der Waals surface area contributed by atoms with Gasteiger partial charge in [0.05, 0.1) is 16.0 Å². The highest BCUT2D eigenvalue weighted by Gasteiger charge is 2.09. The predicted molar refractivity (Wildman–Crippen MR) is 92.0 cm³/mol. The zero-order chi connectivity index (χ0) is 16.9. The number of ether oxygens (including phenoxy) is 1. The first-order valence-corrected chi connectivity index (χ1v) is 8.73. The Balaban J connectivity index is 1.53. The summed E-state index contributed by atoms with van der Waals surface area (Å²) in [5, 5.41) is 2.70. The van der Waals surface area contributed by atoms with E-state index in [1.54, 1.807) is 0 Å². The molecule has 8 heteroatoms. The minimum Gasteiger partial charge on any atom is -0.435 e. The molecule has 2 aromatic carbocycles. The van der Waals surface area contributed by atoms with Crippen LogP contribution in [0.2, 0.25) is 0 Å². The number of aromatic nitrogens is 1. The molecule has 3 rings (SSSR count). The summed E-state index contributed by atoms with van der Waals surface area (Å²) in [5.41, 5.74) is 1.44. The van der Waals surface area contributed by atoms with Crippen molar-refractivity contribution in [3.05, 3.63) is 48.5 Å². The minimum absolute atomic E-state index is 0.0480. The number of alkyl halides is 2. The smallest absolute Gasteiger partial charge is 0.387 e. The normalized spacial score (nSPS) is 11.0. The van der Waals surface area contributed by atoms with E-state index in [0.717, 1.165) is 14.6 Å². The summed E-state index contributed by atoms with van der Waals surface area (Å²) in [6.45, 7) is -2.87. The Morgan fingerprint density at radius 3 is 2.67 bits per heavy atom. The fraction of sp³-hybridized carbons (Fsp3) is 0.125. The second-order valence-electron chi connectivity index (χ2n) is 4.69. The molecule has 1 amide bonds. The highest BCUT2D eigenvalue weighted by molar-refractivity contribution is 8.01. The third kappa shape index (κ3) is 4.42. The molecular formula is C16H12F2N2O2S2. The fourth-order valence-electron chi connectivity index (χ4n) is 1.96. The van der Waals surface area contributed by atoms with Gasteiger partial charge in [-0.25, -0.2) is 4.98 Å². The van der Waals surface area contributed by atoms with Crippen molar-refractivity contribution >= 4 is 44.9 Å². The van der Waals surface area contributed by atoms with Crippen LogP contribution in [0.5, 0.6) is 5.75 Å². The lowest BCUT2D eigenvalue weighted by molar-refractivity contribution is -0.113. The van der Waals surface area contributed by atoms with Gasteiger partial charge in [0.2, 0.25) is 5.91 Å². The van der Waals surface area contributed by atoms with Gasteiger partial charge in [-0.05, 0) is 36.4 Å². The van der Waals surface area contributed by atoms with Crippen molar-refractivity contribution in [2.45, 2.75) is 11.0 Å². The topological polar surface area (TPSA) is 51.2 Å². The lowest BCUT2D eigenvalue weighted by atomic mass is 10.3. The molecule has 0 atom stereocenters. The maximum absolute atomic E-state index is 12.1. The number of carbonyl (C=O) groups excluding carboxylic acids is 1. The van der Waals surface area contributed by atoms with Crippen LogP contribution >= 0.6 is 23.1 Å². The first-order valence-electron chi connectivity index (χ1n) is 6.93. The number of nitrogens with zero attached hydrogens (tertiary/aromatic N) is 1. The van der Waals surface area contributed by atoms with E-state index in [1.807, 2.05) is 24.3 Å². The largest absolute Gasteiger partial charge is 0.435 e. The molecule has 24 heavy (non-hydrogen) atoms. The number of amides is 1. The molecule has 0 aliphatic rings. The van der Waals surface area contributed by atoms with Gasteiger partial charge in [-0.2, -0.15) is 8.78 Å². The lowest BCUT2D eigenvalue weighted by Gasteiger charge is -2.07. The Labute approximate surface area is 144 Å². The minimum atomic E-state index is -2.87. The first-order chi connectivity index (χ1) is 11.6. The van der Waals surface area contributed by atoms with Gasteiger partial charge in [0.15, 0.2) is 4.34 Å². The molecule has 0 fully saturated rings. The number of anilines is 1. The third-order valence-electron chi connectivity index (χ3n) is 2.96. The van der Waals surface area contributed by atoms with E-state index in [2.05, 4.69) is 15.0 Å². The number of benzene rings is 2. The molecule has 1 N–H and O–H groups in total. The van der Waals surface area contributed by atoms with E-state index in [-0.39, 0.29) is 17.4 Å². The van der Waals surface area contributed by atoms with Crippen molar-refractivity contribution in [2.24, 2.45) is 0 Å². The number of thiazole rings is 1. The van der Waals surface area contributed by atoms with Crippen molar-refractivity contribution in [1.29, 1.82) is 0 Å². The number of nitrogens with one attached hydrogen (secondary N) is 1. The van der Waals surface area contributed by atoms with E-state index >= 15 is 0 Å². The van der Waals surface area contributed by atoms with Crippen LogP contribution in [0.1, 0.15) is 0 Å². The van der Waals surface area contributed by atoms with E-state index in [9.17, 15) is 13.6 Å². The summed E-state index contributed by atoms with van der Waals surface area (Å²) < 4.78 is 30.3. The van der Waals surface area contributed by atoms with Crippen molar-refractivity contribution in [3.8, 4) is 5.75 Å². The molecule has 0 unspecified atom stereocenters. The van der Waals surface area contributed by atoms with Crippen molar-refractivity contribution in [1.82, 2.24) is 4.98 Å². The molecule has 4 nitrogen and oxygen atoms in total. The van der Waals surface area contributed by atoms with Crippen molar-refractivity contribution in [2.75, 3.05) is 11.1 Å². The Hall–Kier alpha value is -2.19. The average molecular weight is 366 g/mol. The van der Waals surface area contributed by atoms with Gasteiger partial charge in [-0.3, -0.25) is 4.79 Å². The van der Waals surface area contributed by atoms with E-state index in [4.69, 9.17) is 0 Å². The fourth-order valence-corrected chi connectivity index (χ4v) is 3.83. The summed E-state index contributed by atoms with van der Waals surface area (Å²) in [6, 6.07) is 13.6. The summed E-state index contributed by atoms with van der Waals surface area (Å²) in [4.78, 5) is 16.4. The van der Waals surface area contributed by atoms with Gasteiger partial charge >= 0.3 is 6.61 Å². The molecule has 0 saturated heterocycles. The monoisotopic (exact) mass is 366 g/mol. The van der Waals surface area contributed by atoms with Crippen LogP contribution < -0.4 is 10.1 Å². The van der Waals surface area contributed by atoms with Gasteiger partial charge in [0.1, 0.15) is 5.75 Å². The van der Waals surface area contributed by atoms with Gasteiger partial charge in [-0.15, -0.1) is 11.3 Å². The molecule has 0 aliphatic heterocycles. The molecule has 124 valence electrons. The highest BCUT2D eigenvalue weighted by atomic mass is 32.2. The lowest BCUT2D eigenvalue weighted by Crippen LogP contribution is -2.13. The molecule has 0 bridgehead atoms. The third-order valence-corrected chi connectivity index (χ3v) is 5.14. The van der Waals surface area contributed by atoms with E-state index in [0.29, 0.717) is 5.69 Å². The molecule has 1 aromatic heterocycles. The van der Waals surface area contributed by atoms with Crippen molar-refractivity contribution < 1.29 is 18.3 Å². The Morgan fingerprint density at radius 1 is 1.21 bits per heavy atom. The van der Waals surface area contributed by atoms with Crippen LogP contribution in [-0.2, 0) is 4.79 Å². The van der Waals surface area contributed by atoms with Crippen LogP contribution in [0.25, 0.3) is 10.2 Å². The Kier molecular flexibility index (Phi) is 5.27. The van der Waals surface area contributed by atoms with Gasteiger partial charge in [0, 0.05) is 5.69 Å². The predicted octanol–water partition coefficient (Wildman–Crippen LogP) is 4.63. The SMILES string of the molecule is O=C(CSc1nc2ccccc2s1)Nc1ccc(OC(F)F)cc1. The zero-order valence-corrected chi connectivity index (χ0v) is 13.9. The van der Waals surface area contributed by atoms with Crippen molar-refractivity contribution in [3.63, 3.8) is 0 Å². The maximum Gasteiger partial charge on any atom is 0.387 e. The zero-order valence-electron chi connectivity index (χ0n) is 12.2. The summed E-state index contributed by atoms with van der Waals surface area (Å²) in [6.07, 6.45) is 0. The van der Waals surface area contributed by atoms with Crippen LogP contribution in [0.15, 0.2) is 52.9 Å². The summed E-state index contributed by atoms with van der Waals surface area (Å²) in [7, 11) is 0. The van der Waals surface area contributed by atoms with Gasteiger partial charge in [0.25, 0.3) is 0 Å². The molecule has 3 aromatic rings. The molecule has 0 aliphatic carbocycles. The molecule has 0 saturated carbocycles. The highest BCUT2D eigenvalue weighted by Crippen LogP contribution is 2.29. The molecular weight excluding hydrogens is 354 g/mol. The van der Waals surface area contributed by atoms with E-state index < -0.39 is 6.61 Å². The quantitative estimate of drug-likeness (QED) is 0.647. The Bertz CT molecular complexity index is 804. The average Bonchev–Trinajstić information content (AvgIpc) is 2.97. The second kappa shape index (κ2) is 7.59. The number of rotatable bonds is 6. The number of carbonyl (C=O) groups is 1. The summed E-state index contributed by atoms with van der Waals surface area (Å²) >= 11 is 2.89. The van der Waals surface area contributed by atoms with Crippen LogP contribution in [0, 0.1) is 0 Å². The number of fused-ring (bicyclic) bond motifs is 1. The number of hydrogen-bond acceptors (Lipinski definition) is 5. The first kappa shape index (κ1) is 16.7. The molecule has 0 radical (unpaired) electrons. The number of thioether (sulfide) groups is 1. The molecule has 0 spiro atoms. The van der Waals surface area contributed by atoms with E-state index in [1.165, 1.54) is 47.4 Å². The summed E-state index contributed by atoms with van der Waals surface area (Å²) in [5.74, 6) is 0.0726. The second-order valence-corrected chi connectivity index (χ2v) is 6.94. The number of halogens is 2. The van der Waals surface area contributed by atoms with Crippen LogP contribution in [0.3, 0.4) is 0 Å². The van der Waals surface area contributed by atoms with Gasteiger partial charge < -0.3 is 10.1 Å². The maximum atomic E-state index is 12.1. The van der Waals surface area contributed by atoms with Gasteiger partial charge in [-0.1, -0.05) is 23.9 Å². The number of para-hydroxylation sites is 1. The standard InChI is InChI=1S/C16H12F2N2O2S2/c17-15(18)22-11-7-5-10(6-8-11)19-14(21)9-23-16-20-12-3-1-2-4-13(12)24-16/h1-8,15H,9H2,(H,19,21).